The second-order valence-electron chi connectivity index (χ2n) is 7.50. The molecule has 0 bridgehead atoms. The lowest BCUT2D eigenvalue weighted by Crippen LogP contribution is -2.38. The van der Waals surface area contributed by atoms with Gasteiger partial charge in [-0.05, 0) is 24.6 Å². The third-order valence-electron chi connectivity index (χ3n) is 5.11. The van der Waals surface area contributed by atoms with E-state index in [0.29, 0.717) is 26.3 Å². The van der Waals surface area contributed by atoms with Gasteiger partial charge in [-0.25, -0.2) is 0 Å². The molecule has 0 spiro atoms. The summed E-state index contributed by atoms with van der Waals surface area (Å²) in [6, 6.07) is 14.0. The van der Waals surface area contributed by atoms with E-state index < -0.39 is 0 Å². The number of nitrogens with zero attached hydrogens (tertiary/aromatic N) is 5. The fraction of sp³-hybridized carbons (Fsp3) is 0.409. The molecule has 1 aliphatic heterocycles. The van der Waals surface area contributed by atoms with Gasteiger partial charge in [0.1, 0.15) is 11.5 Å². The molecule has 0 aliphatic carbocycles. The van der Waals surface area contributed by atoms with Gasteiger partial charge < -0.3 is 19.0 Å². The number of carbonyl (C=O) groups excluding carboxylic acids is 1. The van der Waals surface area contributed by atoms with Crippen LogP contribution in [0.5, 0.6) is 0 Å². The van der Waals surface area contributed by atoms with Crippen molar-refractivity contribution in [2.75, 3.05) is 44.0 Å². The summed E-state index contributed by atoms with van der Waals surface area (Å²) in [4.78, 5) is 16.5. The van der Waals surface area contributed by atoms with Gasteiger partial charge in [0.2, 0.25) is 11.9 Å². The minimum atomic E-state index is 0.0150. The Hall–Kier alpha value is -2.78. The van der Waals surface area contributed by atoms with Crippen molar-refractivity contribution in [1.29, 1.82) is 0 Å². The second-order valence-corrected chi connectivity index (χ2v) is 8.45. The second kappa shape index (κ2) is 10.0. The Balaban J connectivity index is 1.46. The molecule has 1 saturated heterocycles. The van der Waals surface area contributed by atoms with E-state index in [2.05, 4.69) is 31.8 Å². The molecule has 1 aliphatic rings. The summed E-state index contributed by atoms with van der Waals surface area (Å²) in [6.45, 7) is 5.91. The molecule has 1 aromatic carbocycles. The average Bonchev–Trinajstić information content (AvgIpc) is 3.39. The Bertz CT molecular complexity index is 998. The van der Waals surface area contributed by atoms with E-state index in [-0.39, 0.29) is 11.7 Å². The van der Waals surface area contributed by atoms with Gasteiger partial charge in [-0.2, -0.15) is 0 Å². The Labute approximate surface area is 186 Å². The Morgan fingerprint density at radius 2 is 1.90 bits per heavy atom. The van der Waals surface area contributed by atoms with Crippen molar-refractivity contribution in [1.82, 2.24) is 19.7 Å². The predicted molar refractivity (Wildman–Crippen MR) is 119 cm³/mol. The molecular formula is C22H27N5O3S. The van der Waals surface area contributed by atoms with E-state index in [1.54, 1.807) is 11.9 Å². The quantitative estimate of drug-likeness (QED) is 0.498. The lowest BCUT2D eigenvalue weighted by atomic mass is 10.2. The van der Waals surface area contributed by atoms with Crippen molar-refractivity contribution >= 4 is 23.6 Å². The zero-order valence-electron chi connectivity index (χ0n) is 17.9. The molecule has 3 heterocycles. The zero-order valence-corrected chi connectivity index (χ0v) is 18.7. The fourth-order valence-corrected chi connectivity index (χ4v) is 4.29. The van der Waals surface area contributed by atoms with Crippen molar-refractivity contribution in [2.45, 2.75) is 25.2 Å². The van der Waals surface area contributed by atoms with Crippen LogP contribution in [0.1, 0.15) is 17.1 Å². The number of carbonyl (C=O) groups is 1. The number of ether oxygens (including phenoxy) is 1. The van der Waals surface area contributed by atoms with Gasteiger partial charge in [0.05, 0.1) is 32.1 Å². The fourth-order valence-electron chi connectivity index (χ4n) is 3.42. The van der Waals surface area contributed by atoms with Crippen LogP contribution in [-0.2, 0) is 22.6 Å². The van der Waals surface area contributed by atoms with Gasteiger partial charge in [-0.1, -0.05) is 42.1 Å². The summed E-state index contributed by atoms with van der Waals surface area (Å²) in [7, 11) is 1.79. The van der Waals surface area contributed by atoms with Crippen molar-refractivity contribution in [3.8, 4) is 0 Å². The highest BCUT2D eigenvalue weighted by molar-refractivity contribution is 7.99. The molecule has 0 radical (unpaired) electrons. The molecule has 1 fully saturated rings. The largest absolute Gasteiger partial charge is 0.464 e. The number of aryl methyl sites for hydroxylation is 1. The topological polar surface area (TPSA) is 76.6 Å². The van der Waals surface area contributed by atoms with Crippen LogP contribution in [0.25, 0.3) is 0 Å². The summed E-state index contributed by atoms with van der Waals surface area (Å²) in [5, 5.41) is 9.60. The first kappa shape index (κ1) is 21.5. The Kier molecular flexibility index (Phi) is 6.93. The molecule has 164 valence electrons. The molecule has 8 nitrogen and oxygen atoms in total. The lowest BCUT2D eigenvalue weighted by molar-refractivity contribution is -0.127. The standard InChI is InChI=1S/C22H27N5O3S/c1-17-8-9-19(30-17)15-25(2)20(28)16-31-22-24-23-21(26-10-12-29-13-11-26)27(22)14-18-6-4-3-5-7-18/h3-9H,10-16H2,1-2H3. The first-order valence-electron chi connectivity index (χ1n) is 10.3. The lowest BCUT2D eigenvalue weighted by Gasteiger charge is -2.28. The number of amides is 1. The van der Waals surface area contributed by atoms with E-state index in [1.165, 1.54) is 11.8 Å². The number of hydrogen-bond acceptors (Lipinski definition) is 7. The molecule has 0 N–H and O–H groups in total. The number of furan rings is 1. The Morgan fingerprint density at radius 3 is 2.61 bits per heavy atom. The van der Waals surface area contributed by atoms with Crippen LogP contribution in [0.3, 0.4) is 0 Å². The van der Waals surface area contributed by atoms with Crippen molar-refractivity contribution in [3.05, 3.63) is 59.5 Å². The van der Waals surface area contributed by atoms with Crippen LogP contribution in [0.2, 0.25) is 0 Å². The van der Waals surface area contributed by atoms with Gasteiger partial charge in [0, 0.05) is 20.1 Å². The Morgan fingerprint density at radius 1 is 1.13 bits per heavy atom. The maximum Gasteiger partial charge on any atom is 0.233 e. The number of rotatable bonds is 8. The maximum absolute atomic E-state index is 12.7. The molecule has 4 rings (SSSR count). The number of aromatic nitrogens is 3. The van der Waals surface area contributed by atoms with Crippen molar-refractivity contribution < 1.29 is 13.9 Å². The maximum atomic E-state index is 12.7. The van der Waals surface area contributed by atoms with E-state index in [0.717, 1.165) is 41.3 Å². The minimum absolute atomic E-state index is 0.0150. The number of thioether (sulfide) groups is 1. The van der Waals surface area contributed by atoms with Gasteiger partial charge in [0.15, 0.2) is 5.16 Å². The summed E-state index contributed by atoms with van der Waals surface area (Å²) >= 11 is 1.41. The minimum Gasteiger partial charge on any atom is -0.464 e. The third-order valence-corrected chi connectivity index (χ3v) is 6.07. The third kappa shape index (κ3) is 5.48. The number of anilines is 1. The number of benzene rings is 1. The van der Waals surface area contributed by atoms with Crippen LogP contribution in [0.15, 0.2) is 52.0 Å². The van der Waals surface area contributed by atoms with Crippen molar-refractivity contribution in [2.24, 2.45) is 0 Å². The van der Waals surface area contributed by atoms with Crippen LogP contribution in [0, 0.1) is 6.92 Å². The van der Waals surface area contributed by atoms with Crippen LogP contribution < -0.4 is 4.90 Å². The van der Waals surface area contributed by atoms with Gasteiger partial charge in [0.25, 0.3) is 0 Å². The van der Waals surface area contributed by atoms with Crippen LogP contribution in [-0.4, -0.2) is 64.7 Å². The van der Waals surface area contributed by atoms with Crippen molar-refractivity contribution in [3.63, 3.8) is 0 Å². The van der Waals surface area contributed by atoms with E-state index in [1.807, 2.05) is 37.3 Å². The first-order valence-corrected chi connectivity index (χ1v) is 11.3. The SMILES string of the molecule is Cc1ccc(CN(C)C(=O)CSc2nnc(N3CCOCC3)n2Cc2ccccc2)o1. The summed E-state index contributed by atoms with van der Waals surface area (Å²) < 4.78 is 13.2. The van der Waals surface area contributed by atoms with Gasteiger partial charge in [-0.15, -0.1) is 10.2 Å². The van der Waals surface area contributed by atoms with Gasteiger partial charge in [-0.3, -0.25) is 9.36 Å². The van der Waals surface area contributed by atoms with E-state index in [9.17, 15) is 4.79 Å². The van der Waals surface area contributed by atoms with Gasteiger partial charge >= 0.3 is 0 Å². The molecule has 0 atom stereocenters. The molecule has 31 heavy (non-hydrogen) atoms. The first-order chi connectivity index (χ1) is 15.1. The highest BCUT2D eigenvalue weighted by atomic mass is 32.2. The molecule has 1 amide bonds. The van der Waals surface area contributed by atoms with Crippen LogP contribution >= 0.6 is 11.8 Å². The normalized spacial score (nSPS) is 14.1. The molecule has 9 heteroatoms. The number of hydrogen-bond donors (Lipinski definition) is 0. The number of morpholine rings is 1. The summed E-state index contributed by atoms with van der Waals surface area (Å²) in [5.41, 5.74) is 1.16. The highest BCUT2D eigenvalue weighted by Gasteiger charge is 2.22. The summed E-state index contributed by atoms with van der Waals surface area (Å²) in [6.07, 6.45) is 0. The summed E-state index contributed by atoms with van der Waals surface area (Å²) in [5.74, 6) is 2.74. The monoisotopic (exact) mass is 441 g/mol. The molecule has 2 aromatic heterocycles. The zero-order chi connectivity index (χ0) is 21.6. The highest BCUT2D eigenvalue weighted by Crippen LogP contribution is 2.24. The van der Waals surface area contributed by atoms with E-state index in [4.69, 9.17) is 9.15 Å². The predicted octanol–water partition coefficient (Wildman–Crippen LogP) is 2.82. The molecule has 0 saturated carbocycles. The van der Waals surface area contributed by atoms with E-state index >= 15 is 0 Å². The average molecular weight is 442 g/mol. The molecule has 3 aromatic rings. The van der Waals surface area contributed by atoms with Crippen LogP contribution in [0.4, 0.5) is 5.95 Å². The molecule has 0 unspecified atom stereocenters. The molecular weight excluding hydrogens is 414 g/mol. The smallest absolute Gasteiger partial charge is 0.233 e.